The lowest BCUT2D eigenvalue weighted by Gasteiger charge is -2.18. The number of esters is 1. The Morgan fingerprint density at radius 1 is 1.03 bits per heavy atom. The monoisotopic (exact) mass is 484 g/mol. The number of aldehydes is 1. The van der Waals surface area contributed by atoms with Crippen molar-refractivity contribution in [3.63, 3.8) is 0 Å². The van der Waals surface area contributed by atoms with E-state index in [2.05, 4.69) is 4.74 Å². The van der Waals surface area contributed by atoms with Gasteiger partial charge in [0.15, 0.2) is 0 Å². The number of rotatable bonds is 6. The van der Waals surface area contributed by atoms with Gasteiger partial charge >= 0.3 is 12.1 Å². The number of carbonyl (C=O) groups excluding carboxylic acids is 2. The van der Waals surface area contributed by atoms with E-state index in [0.29, 0.717) is 11.1 Å². The van der Waals surface area contributed by atoms with Crippen molar-refractivity contribution in [3.8, 4) is 0 Å². The van der Waals surface area contributed by atoms with Gasteiger partial charge in [0.2, 0.25) is 6.29 Å². The average molecular weight is 486 g/mol. The van der Waals surface area contributed by atoms with Crippen molar-refractivity contribution in [2.75, 3.05) is 0 Å². The molecule has 0 N–H and O–H groups in total. The fourth-order valence-corrected chi connectivity index (χ4v) is 3.19. The molecule has 0 radical (unpaired) electrons. The molecule has 0 aromatic heterocycles. The molecule has 2 rings (SSSR count). The Morgan fingerprint density at radius 2 is 1.66 bits per heavy atom. The molecule has 0 saturated heterocycles. The average Bonchev–Trinajstić information content (AvgIpc) is 2.64. The van der Waals surface area contributed by atoms with Crippen LogP contribution in [0.4, 0.5) is 13.2 Å². The summed E-state index contributed by atoms with van der Waals surface area (Å²) in [5, 5.41) is -0.0465. The summed E-state index contributed by atoms with van der Waals surface area (Å²) in [6, 6.07) is 6.57. The van der Waals surface area contributed by atoms with Gasteiger partial charge in [0.1, 0.15) is 6.61 Å². The molecule has 3 nitrogen and oxygen atoms in total. The molecule has 0 amide bonds. The maximum Gasteiger partial charge on any atom is 0.399 e. The molecule has 10 heteroatoms. The highest BCUT2D eigenvalue weighted by Crippen LogP contribution is 2.41. The van der Waals surface area contributed by atoms with E-state index < -0.39 is 18.1 Å². The molecular formula is C19H11Cl4F3O3. The smallest absolute Gasteiger partial charge is 0.399 e. The lowest BCUT2D eigenvalue weighted by Crippen LogP contribution is -2.19. The molecule has 0 saturated carbocycles. The van der Waals surface area contributed by atoms with Crippen LogP contribution in [0.5, 0.6) is 0 Å². The number of carbonyl (C=O) groups is 2. The molecule has 2 aromatic carbocycles. The van der Waals surface area contributed by atoms with Gasteiger partial charge in [-0.1, -0.05) is 70.7 Å². The molecule has 0 fully saturated rings. The van der Waals surface area contributed by atoms with Crippen molar-refractivity contribution in [3.05, 3.63) is 73.2 Å². The standard InChI is InChI=1S/C19H11Cl4F3O3/c20-14-5-10(1-3-11(14)9-29-17(28)8-27)2-4-13(19(24,25)26)12-6-15(21)18(23)16(22)7-12/h1-8,13H,9H2. The second-order valence-corrected chi connectivity index (χ2v) is 7.35. The SMILES string of the molecule is O=CC(=O)OCc1ccc(C=CC(c2cc(Cl)c(Cl)c(Cl)c2)C(F)(F)F)cc1Cl. The highest BCUT2D eigenvalue weighted by molar-refractivity contribution is 6.48. The first kappa shape index (κ1) is 23.5. The van der Waals surface area contributed by atoms with Crippen LogP contribution in [0.3, 0.4) is 0 Å². The van der Waals surface area contributed by atoms with Gasteiger partial charge in [-0.3, -0.25) is 4.79 Å². The van der Waals surface area contributed by atoms with Crippen LogP contribution < -0.4 is 0 Å². The molecule has 154 valence electrons. The zero-order valence-corrected chi connectivity index (χ0v) is 17.3. The first-order chi connectivity index (χ1) is 13.5. The second-order valence-electron chi connectivity index (χ2n) is 5.75. The number of halogens is 7. The molecule has 1 unspecified atom stereocenters. The highest BCUT2D eigenvalue weighted by Gasteiger charge is 2.39. The van der Waals surface area contributed by atoms with Crippen molar-refractivity contribution in [2.45, 2.75) is 18.7 Å². The number of allylic oxidation sites excluding steroid dienone is 1. The normalized spacial score (nSPS) is 12.8. The van der Waals surface area contributed by atoms with Gasteiger partial charge in [-0.15, -0.1) is 0 Å². The van der Waals surface area contributed by atoms with Crippen molar-refractivity contribution in [1.82, 2.24) is 0 Å². The Morgan fingerprint density at radius 3 is 2.17 bits per heavy atom. The van der Waals surface area contributed by atoms with E-state index in [-0.39, 0.29) is 38.5 Å². The van der Waals surface area contributed by atoms with Crippen molar-refractivity contribution >= 4 is 64.7 Å². The Balaban J connectivity index is 2.29. The Kier molecular flexibility index (Phi) is 8.00. The van der Waals surface area contributed by atoms with Crippen LogP contribution in [0.25, 0.3) is 6.08 Å². The molecule has 1 atom stereocenters. The molecule has 0 aliphatic rings. The summed E-state index contributed by atoms with van der Waals surface area (Å²) in [5.41, 5.74) is 0.597. The van der Waals surface area contributed by atoms with Crippen molar-refractivity contribution in [2.24, 2.45) is 0 Å². The van der Waals surface area contributed by atoms with Crippen LogP contribution in [0.2, 0.25) is 20.1 Å². The minimum absolute atomic E-state index is 0.0115. The summed E-state index contributed by atoms with van der Waals surface area (Å²) in [6.45, 7) is -0.243. The van der Waals surface area contributed by atoms with Gasteiger partial charge in [-0.2, -0.15) is 13.2 Å². The highest BCUT2D eigenvalue weighted by atomic mass is 35.5. The molecular weight excluding hydrogens is 475 g/mol. The number of ether oxygens (including phenoxy) is 1. The third-order valence-electron chi connectivity index (χ3n) is 3.74. The molecule has 0 bridgehead atoms. The summed E-state index contributed by atoms with van der Waals surface area (Å²) in [5.74, 6) is -3.04. The summed E-state index contributed by atoms with van der Waals surface area (Å²) < 4.78 is 45.3. The van der Waals surface area contributed by atoms with Crippen LogP contribution in [-0.4, -0.2) is 18.4 Å². The zero-order chi connectivity index (χ0) is 21.8. The van der Waals surface area contributed by atoms with Gasteiger partial charge in [0.25, 0.3) is 0 Å². The third kappa shape index (κ3) is 6.37. The van der Waals surface area contributed by atoms with Gasteiger partial charge in [-0.05, 0) is 29.3 Å². The van der Waals surface area contributed by atoms with E-state index in [1.165, 1.54) is 24.3 Å². The summed E-state index contributed by atoms with van der Waals surface area (Å²) >= 11 is 23.5. The largest absolute Gasteiger partial charge is 0.455 e. The van der Waals surface area contributed by atoms with Crippen LogP contribution in [-0.2, 0) is 20.9 Å². The van der Waals surface area contributed by atoms with E-state index in [4.69, 9.17) is 46.4 Å². The summed E-state index contributed by atoms with van der Waals surface area (Å²) in [7, 11) is 0. The molecule has 0 aliphatic heterocycles. The first-order valence-corrected chi connectivity index (χ1v) is 9.34. The minimum Gasteiger partial charge on any atom is -0.455 e. The molecule has 0 aliphatic carbocycles. The van der Waals surface area contributed by atoms with Gasteiger partial charge in [0.05, 0.1) is 21.0 Å². The number of hydrogen-bond acceptors (Lipinski definition) is 3. The topological polar surface area (TPSA) is 43.4 Å². The lowest BCUT2D eigenvalue weighted by atomic mass is 9.97. The predicted octanol–water partition coefficient (Wildman–Crippen LogP) is 6.90. The van der Waals surface area contributed by atoms with Crippen LogP contribution in [0.15, 0.2) is 36.4 Å². The van der Waals surface area contributed by atoms with Crippen LogP contribution >= 0.6 is 46.4 Å². The Labute approximate surface area is 183 Å². The second kappa shape index (κ2) is 9.85. The van der Waals surface area contributed by atoms with Crippen LogP contribution in [0.1, 0.15) is 22.6 Å². The van der Waals surface area contributed by atoms with Gasteiger partial charge < -0.3 is 4.74 Å². The van der Waals surface area contributed by atoms with Crippen molar-refractivity contribution < 1.29 is 27.5 Å². The van der Waals surface area contributed by atoms with Crippen molar-refractivity contribution in [1.29, 1.82) is 0 Å². The summed E-state index contributed by atoms with van der Waals surface area (Å²) in [4.78, 5) is 21.1. The quantitative estimate of drug-likeness (QED) is 0.193. The minimum atomic E-state index is -4.61. The molecule has 0 spiro atoms. The third-order valence-corrected chi connectivity index (χ3v) is 5.29. The van der Waals surface area contributed by atoms with E-state index in [1.807, 2.05) is 0 Å². The van der Waals surface area contributed by atoms with E-state index >= 15 is 0 Å². The van der Waals surface area contributed by atoms with E-state index in [9.17, 15) is 22.8 Å². The maximum absolute atomic E-state index is 13.6. The lowest BCUT2D eigenvalue weighted by molar-refractivity contribution is -0.149. The number of alkyl halides is 3. The van der Waals surface area contributed by atoms with Gasteiger partial charge in [-0.25, -0.2) is 4.79 Å². The fourth-order valence-electron chi connectivity index (χ4n) is 2.34. The summed E-state index contributed by atoms with van der Waals surface area (Å²) in [6.07, 6.45) is -2.42. The molecule has 2 aromatic rings. The van der Waals surface area contributed by atoms with Gasteiger partial charge in [0, 0.05) is 10.6 Å². The Hall–Kier alpha value is -1.73. The zero-order valence-electron chi connectivity index (χ0n) is 14.3. The fraction of sp³-hybridized carbons (Fsp3) is 0.158. The van der Waals surface area contributed by atoms with Crippen LogP contribution in [0, 0.1) is 0 Å². The predicted molar refractivity (Wildman–Crippen MR) is 107 cm³/mol. The molecule has 29 heavy (non-hydrogen) atoms. The van der Waals surface area contributed by atoms with E-state index in [1.54, 1.807) is 0 Å². The maximum atomic E-state index is 13.6. The van der Waals surface area contributed by atoms with E-state index in [0.717, 1.165) is 18.2 Å². The number of benzene rings is 2. The number of hydrogen-bond donors (Lipinski definition) is 0. The Bertz CT molecular complexity index is 935. The molecule has 0 heterocycles. The first-order valence-electron chi connectivity index (χ1n) is 7.82.